The molecule has 68 valence electrons. The van der Waals surface area contributed by atoms with E-state index < -0.39 is 0 Å². The van der Waals surface area contributed by atoms with Gasteiger partial charge < -0.3 is 4.74 Å². The SMILES string of the molecule is C=CCCC(CCC=C)OC=O. The monoisotopic (exact) mass is 168 g/mol. The topological polar surface area (TPSA) is 26.3 Å². The fourth-order valence-corrected chi connectivity index (χ4v) is 0.966. The minimum Gasteiger partial charge on any atom is -0.465 e. The van der Waals surface area contributed by atoms with Crippen LogP contribution in [0.3, 0.4) is 0 Å². The first-order valence-electron chi connectivity index (χ1n) is 4.16. The van der Waals surface area contributed by atoms with Crippen molar-refractivity contribution in [3.05, 3.63) is 25.3 Å². The molecule has 0 aromatic carbocycles. The number of hydrogen-bond acceptors (Lipinski definition) is 2. The first kappa shape index (κ1) is 11.0. The zero-order chi connectivity index (χ0) is 9.23. The van der Waals surface area contributed by atoms with E-state index in [0.29, 0.717) is 6.47 Å². The fraction of sp³-hybridized carbons (Fsp3) is 0.500. The average Bonchev–Trinajstić information content (AvgIpc) is 2.10. The molecule has 2 heteroatoms. The van der Waals surface area contributed by atoms with Crippen molar-refractivity contribution in [3.63, 3.8) is 0 Å². The van der Waals surface area contributed by atoms with Crippen LogP contribution in [-0.2, 0) is 9.53 Å². The molecule has 0 atom stereocenters. The third-order valence-corrected chi connectivity index (χ3v) is 1.63. The maximum atomic E-state index is 10.1. The van der Waals surface area contributed by atoms with Crippen molar-refractivity contribution in [2.45, 2.75) is 31.8 Å². The van der Waals surface area contributed by atoms with Gasteiger partial charge in [-0.25, -0.2) is 0 Å². The highest BCUT2D eigenvalue weighted by molar-refractivity contribution is 5.37. The highest BCUT2D eigenvalue weighted by Crippen LogP contribution is 2.08. The number of allylic oxidation sites excluding steroid dienone is 2. The minimum atomic E-state index is 0.0264. The molecule has 0 aliphatic carbocycles. The molecule has 0 N–H and O–H groups in total. The smallest absolute Gasteiger partial charge is 0.293 e. The second kappa shape index (κ2) is 8.05. The Kier molecular flexibility index (Phi) is 7.35. The van der Waals surface area contributed by atoms with Crippen LogP contribution < -0.4 is 0 Å². The zero-order valence-electron chi connectivity index (χ0n) is 7.37. The van der Waals surface area contributed by atoms with Gasteiger partial charge in [-0.3, -0.25) is 4.79 Å². The van der Waals surface area contributed by atoms with Gasteiger partial charge in [0.05, 0.1) is 0 Å². The summed E-state index contributed by atoms with van der Waals surface area (Å²) in [6, 6.07) is 0. The van der Waals surface area contributed by atoms with Gasteiger partial charge in [0.1, 0.15) is 6.10 Å². The van der Waals surface area contributed by atoms with Crippen LogP contribution in [0, 0.1) is 0 Å². The van der Waals surface area contributed by atoms with Crippen molar-refractivity contribution in [2.75, 3.05) is 0 Å². The molecule has 0 bridgehead atoms. The normalized spacial score (nSPS) is 9.42. The van der Waals surface area contributed by atoms with E-state index in [9.17, 15) is 4.79 Å². The summed E-state index contributed by atoms with van der Waals surface area (Å²) in [5, 5.41) is 0. The van der Waals surface area contributed by atoms with Gasteiger partial charge in [0, 0.05) is 0 Å². The van der Waals surface area contributed by atoms with Crippen LogP contribution in [0.1, 0.15) is 25.7 Å². The van der Waals surface area contributed by atoms with Crippen LogP contribution in [0.25, 0.3) is 0 Å². The molecule has 12 heavy (non-hydrogen) atoms. The van der Waals surface area contributed by atoms with Gasteiger partial charge in [0.25, 0.3) is 6.47 Å². The van der Waals surface area contributed by atoms with Crippen molar-refractivity contribution in [2.24, 2.45) is 0 Å². The van der Waals surface area contributed by atoms with Crippen molar-refractivity contribution in [1.29, 1.82) is 0 Å². The molecule has 2 nitrogen and oxygen atoms in total. The average molecular weight is 168 g/mol. The fourth-order valence-electron chi connectivity index (χ4n) is 0.966. The van der Waals surface area contributed by atoms with Crippen LogP contribution in [0.15, 0.2) is 25.3 Å². The van der Waals surface area contributed by atoms with Crippen molar-refractivity contribution >= 4 is 6.47 Å². The Morgan fingerprint density at radius 3 is 2.00 bits per heavy atom. The van der Waals surface area contributed by atoms with Crippen LogP contribution in [0.5, 0.6) is 0 Å². The lowest BCUT2D eigenvalue weighted by molar-refractivity contribution is -0.134. The Morgan fingerprint density at radius 1 is 1.17 bits per heavy atom. The molecule has 0 heterocycles. The van der Waals surface area contributed by atoms with Gasteiger partial charge in [-0.1, -0.05) is 12.2 Å². The first-order valence-corrected chi connectivity index (χ1v) is 4.16. The summed E-state index contributed by atoms with van der Waals surface area (Å²) in [6.45, 7) is 7.73. The molecule has 0 saturated heterocycles. The molecule has 0 aromatic rings. The molecule has 0 saturated carbocycles. The van der Waals surface area contributed by atoms with Gasteiger partial charge >= 0.3 is 0 Å². The Balaban J connectivity index is 3.59. The van der Waals surface area contributed by atoms with E-state index in [0.717, 1.165) is 25.7 Å². The highest BCUT2D eigenvalue weighted by atomic mass is 16.5. The highest BCUT2D eigenvalue weighted by Gasteiger charge is 2.05. The molecule has 0 radical (unpaired) electrons. The number of hydrogen-bond donors (Lipinski definition) is 0. The summed E-state index contributed by atoms with van der Waals surface area (Å²) >= 11 is 0. The largest absolute Gasteiger partial charge is 0.465 e. The maximum absolute atomic E-state index is 10.1. The Labute approximate surface area is 73.9 Å². The Bertz CT molecular complexity index is 129. The summed E-state index contributed by atoms with van der Waals surface area (Å²) < 4.78 is 4.87. The van der Waals surface area contributed by atoms with E-state index >= 15 is 0 Å². The molecule has 0 rings (SSSR count). The molecular formula is C10H16O2. The van der Waals surface area contributed by atoms with Gasteiger partial charge in [-0.2, -0.15) is 0 Å². The number of carbonyl (C=O) groups excluding carboxylic acids is 1. The number of carbonyl (C=O) groups is 1. The third-order valence-electron chi connectivity index (χ3n) is 1.63. The van der Waals surface area contributed by atoms with E-state index in [-0.39, 0.29) is 6.10 Å². The second-order valence-corrected chi connectivity index (χ2v) is 2.59. The van der Waals surface area contributed by atoms with Gasteiger partial charge in [-0.05, 0) is 25.7 Å². The maximum Gasteiger partial charge on any atom is 0.293 e. The summed E-state index contributed by atoms with van der Waals surface area (Å²) in [5.41, 5.74) is 0. The molecule has 0 unspecified atom stereocenters. The molecule has 0 fully saturated rings. The van der Waals surface area contributed by atoms with E-state index in [2.05, 4.69) is 13.2 Å². The Hall–Kier alpha value is -1.05. The molecular weight excluding hydrogens is 152 g/mol. The standard InChI is InChI=1S/C10H16O2/c1-3-5-7-10(12-9-11)8-6-4-2/h3-4,9-10H,1-2,5-8H2. The van der Waals surface area contributed by atoms with E-state index in [1.54, 1.807) is 0 Å². The quantitative estimate of drug-likeness (QED) is 0.411. The third kappa shape index (κ3) is 5.71. The molecule has 0 aromatic heterocycles. The summed E-state index contributed by atoms with van der Waals surface area (Å²) in [5.74, 6) is 0. The molecule has 0 aliphatic heterocycles. The summed E-state index contributed by atoms with van der Waals surface area (Å²) in [4.78, 5) is 10.1. The van der Waals surface area contributed by atoms with Crippen molar-refractivity contribution in [1.82, 2.24) is 0 Å². The molecule has 0 aliphatic rings. The second-order valence-electron chi connectivity index (χ2n) is 2.59. The number of ether oxygens (including phenoxy) is 1. The molecule has 0 spiro atoms. The minimum absolute atomic E-state index is 0.0264. The summed E-state index contributed by atoms with van der Waals surface area (Å²) in [6.07, 6.45) is 7.17. The van der Waals surface area contributed by atoms with Crippen LogP contribution in [-0.4, -0.2) is 12.6 Å². The predicted octanol–water partition coefficient (Wildman–Crippen LogP) is 2.46. The van der Waals surface area contributed by atoms with Crippen LogP contribution in [0.4, 0.5) is 0 Å². The predicted molar refractivity (Wildman–Crippen MR) is 49.8 cm³/mol. The van der Waals surface area contributed by atoms with Crippen molar-refractivity contribution in [3.8, 4) is 0 Å². The lowest BCUT2D eigenvalue weighted by Crippen LogP contribution is -2.11. The van der Waals surface area contributed by atoms with Crippen LogP contribution >= 0.6 is 0 Å². The van der Waals surface area contributed by atoms with Crippen molar-refractivity contribution < 1.29 is 9.53 Å². The number of rotatable bonds is 8. The van der Waals surface area contributed by atoms with E-state index in [1.165, 1.54) is 0 Å². The first-order chi connectivity index (χ1) is 5.85. The van der Waals surface area contributed by atoms with Gasteiger partial charge in [-0.15, -0.1) is 13.2 Å². The molecule has 0 amide bonds. The zero-order valence-corrected chi connectivity index (χ0v) is 7.37. The van der Waals surface area contributed by atoms with E-state index in [4.69, 9.17) is 4.74 Å². The Morgan fingerprint density at radius 2 is 1.67 bits per heavy atom. The van der Waals surface area contributed by atoms with Gasteiger partial charge in [0.2, 0.25) is 0 Å². The van der Waals surface area contributed by atoms with Gasteiger partial charge in [0.15, 0.2) is 0 Å². The lowest BCUT2D eigenvalue weighted by atomic mass is 10.1. The summed E-state index contributed by atoms with van der Waals surface area (Å²) in [7, 11) is 0. The van der Waals surface area contributed by atoms with E-state index in [1.807, 2.05) is 12.2 Å². The lowest BCUT2D eigenvalue weighted by Gasteiger charge is -2.12. The van der Waals surface area contributed by atoms with Crippen LogP contribution in [0.2, 0.25) is 0 Å².